The Kier molecular flexibility index (Phi) is 3.70. The minimum absolute atomic E-state index is 0.159. The number of halogens is 1. The van der Waals surface area contributed by atoms with E-state index in [1.54, 1.807) is 0 Å². The first kappa shape index (κ1) is 14.1. The van der Waals surface area contributed by atoms with Gasteiger partial charge in [0, 0.05) is 24.5 Å². The summed E-state index contributed by atoms with van der Waals surface area (Å²) in [5, 5.41) is 0.723. The van der Waals surface area contributed by atoms with Crippen LogP contribution >= 0.6 is 11.6 Å². The van der Waals surface area contributed by atoms with Crippen LogP contribution in [0.5, 0.6) is 0 Å². The Balaban J connectivity index is 1.92. The van der Waals surface area contributed by atoms with Crippen molar-refractivity contribution in [1.29, 1.82) is 0 Å². The number of aromatic nitrogens is 2. The molecule has 1 aromatic heterocycles. The molecule has 1 atom stereocenters. The number of hydrogen-bond donors (Lipinski definition) is 1. The molecular weight excluding hydrogens is 282 g/mol. The third kappa shape index (κ3) is 2.67. The average Bonchev–Trinajstić information content (AvgIpc) is 2.76. The lowest BCUT2D eigenvalue weighted by Crippen LogP contribution is -2.16. The Bertz CT molecular complexity index is 792. The van der Waals surface area contributed by atoms with Crippen molar-refractivity contribution in [3.8, 4) is 0 Å². The van der Waals surface area contributed by atoms with Gasteiger partial charge in [0.2, 0.25) is 0 Å². The highest BCUT2D eigenvalue weighted by Gasteiger charge is 2.15. The molecule has 3 nitrogen and oxygen atoms in total. The van der Waals surface area contributed by atoms with Crippen molar-refractivity contribution in [2.75, 3.05) is 0 Å². The van der Waals surface area contributed by atoms with Gasteiger partial charge in [0.05, 0.1) is 11.0 Å². The zero-order valence-corrected chi connectivity index (χ0v) is 12.9. The van der Waals surface area contributed by atoms with Crippen LogP contribution in [-0.4, -0.2) is 9.55 Å². The van der Waals surface area contributed by atoms with E-state index < -0.39 is 0 Å². The lowest BCUT2D eigenvalue weighted by Gasteiger charge is -2.14. The predicted octanol–water partition coefficient (Wildman–Crippen LogP) is 3.78. The van der Waals surface area contributed by atoms with Crippen molar-refractivity contribution < 1.29 is 0 Å². The van der Waals surface area contributed by atoms with E-state index in [0.717, 1.165) is 33.0 Å². The zero-order valence-electron chi connectivity index (χ0n) is 12.2. The molecule has 0 aliphatic heterocycles. The fourth-order valence-corrected chi connectivity index (χ4v) is 2.99. The summed E-state index contributed by atoms with van der Waals surface area (Å²) < 4.78 is 2.09. The fraction of sp³-hybridized carbons (Fsp3) is 0.235. The van der Waals surface area contributed by atoms with Crippen LogP contribution in [0.3, 0.4) is 0 Å². The number of imidazole rings is 1. The van der Waals surface area contributed by atoms with Gasteiger partial charge < -0.3 is 10.3 Å². The Morgan fingerprint density at radius 2 is 2.00 bits per heavy atom. The molecule has 0 saturated heterocycles. The molecule has 0 fully saturated rings. The van der Waals surface area contributed by atoms with Crippen molar-refractivity contribution in [1.82, 2.24) is 9.55 Å². The van der Waals surface area contributed by atoms with Crippen LogP contribution in [-0.2, 0) is 13.5 Å². The molecular formula is C17H18ClN3. The number of hydrogen-bond acceptors (Lipinski definition) is 2. The second kappa shape index (κ2) is 5.51. The van der Waals surface area contributed by atoms with E-state index in [4.69, 9.17) is 17.3 Å². The highest BCUT2D eigenvalue weighted by atomic mass is 35.5. The minimum Gasteiger partial charge on any atom is -0.331 e. The lowest BCUT2D eigenvalue weighted by atomic mass is 10.0. The van der Waals surface area contributed by atoms with Crippen LogP contribution in [0.1, 0.15) is 23.0 Å². The van der Waals surface area contributed by atoms with E-state index in [1.807, 2.05) is 50.4 Å². The maximum absolute atomic E-state index is 6.33. The molecule has 3 aromatic rings. The summed E-state index contributed by atoms with van der Waals surface area (Å²) in [6, 6.07) is 13.9. The van der Waals surface area contributed by atoms with E-state index in [2.05, 4.69) is 15.6 Å². The first-order valence-corrected chi connectivity index (χ1v) is 7.36. The van der Waals surface area contributed by atoms with E-state index >= 15 is 0 Å². The van der Waals surface area contributed by atoms with Gasteiger partial charge in [-0.3, -0.25) is 0 Å². The molecule has 0 aliphatic rings. The molecule has 0 aliphatic carbocycles. The summed E-state index contributed by atoms with van der Waals surface area (Å²) in [5.41, 5.74) is 10.6. The van der Waals surface area contributed by atoms with E-state index in [0.29, 0.717) is 6.42 Å². The van der Waals surface area contributed by atoms with Crippen LogP contribution in [0.15, 0.2) is 42.5 Å². The van der Waals surface area contributed by atoms with E-state index in [-0.39, 0.29) is 6.04 Å². The second-order valence-corrected chi connectivity index (χ2v) is 5.82. The molecule has 108 valence electrons. The van der Waals surface area contributed by atoms with Crippen molar-refractivity contribution in [2.24, 2.45) is 12.8 Å². The van der Waals surface area contributed by atoms with Gasteiger partial charge in [-0.2, -0.15) is 0 Å². The van der Waals surface area contributed by atoms with E-state index in [9.17, 15) is 0 Å². The summed E-state index contributed by atoms with van der Waals surface area (Å²) in [7, 11) is 2.02. The largest absolute Gasteiger partial charge is 0.331 e. The average molecular weight is 300 g/mol. The highest BCUT2D eigenvalue weighted by Crippen LogP contribution is 2.26. The quantitative estimate of drug-likeness (QED) is 0.800. The molecule has 2 aromatic carbocycles. The van der Waals surface area contributed by atoms with Crippen LogP contribution in [0.25, 0.3) is 11.0 Å². The smallest absolute Gasteiger partial charge is 0.111 e. The van der Waals surface area contributed by atoms with Gasteiger partial charge in [0.25, 0.3) is 0 Å². The van der Waals surface area contributed by atoms with Crippen molar-refractivity contribution >= 4 is 22.6 Å². The predicted molar refractivity (Wildman–Crippen MR) is 87.5 cm³/mol. The van der Waals surface area contributed by atoms with Crippen LogP contribution in [0.2, 0.25) is 5.02 Å². The maximum Gasteiger partial charge on any atom is 0.111 e. The first-order valence-electron chi connectivity index (χ1n) is 6.98. The Hall–Kier alpha value is -1.84. The number of nitrogens with zero attached hydrogens (tertiary/aromatic N) is 2. The number of para-hydroxylation sites is 2. The molecule has 2 N–H and O–H groups in total. The molecule has 1 heterocycles. The Morgan fingerprint density at radius 1 is 1.24 bits per heavy atom. The monoisotopic (exact) mass is 299 g/mol. The molecule has 1 unspecified atom stereocenters. The summed E-state index contributed by atoms with van der Waals surface area (Å²) in [4.78, 5) is 4.66. The minimum atomic E-state index is -0.159. The Morgan fingerprint density at radius 3 is 2.71 bits per heavy atom. The Labute approximate surface area is 129 Å². The fourth-order valence-electron chi connectivity index (χ4n) is 2.62. The van der Waals surface area contributed by atoms with Crippen molar-refractivity contribution in [3.05, 3.63) is 64.4 Å². The number of rotatable bonds is 3. The van der Waals surface area contributed by atoms with Gasteiger partial charge in [-0.1, -0.05) is 35.9 Å². The number of nitrogens with two attached hydrogens (primary N) is 1. The van der Waals surface area contributed by atoms with Gasteiger partial charge in [-0.05, 0) is 36.2 Å². The molecule has 0 saturated carbocycles. The normalized spacial score (nSPS) is 12.8. The third-order valence-electron chi connectivity index (χ3n) is 3.84. The molecule has 4 heteroatoms. The number of benzene rings is 2. The molecule has 3 rings (SSSR count). The summed E-state index contributed by atoms with van der Waals surface area (Å²) >= 11 is 6.30. The summed E-state index contributed by atoms with van der Waals surface area (Å²) in [6.45, 7) is 2.02. The standard InChI is InChI=1S/C17H18ClN3/c1-11-7-8-12(13(18)9-11)14(19)10-17-20-15-5-3-4-6-16(15)21(17)2/h3-9,14H,10,19H2,1-2H3. The van der Waals surface area contributed by atoms with Crippen LogP contribution < -0.4 is 5.73 Å². The third-order valence-corrected chi connectivity index (χ3v) is 4.17. The molecule has 0 radical (unpaired) electrons. The van der Waals surface area contributed by atoms with Crippen LogP contribution in [0.4, 0.5) is 0 Å². The van der Waals surface area contributed by atoms with Gasteiger partial charge in [-0.15, -0.1) is 0 Å². The lowest BCUT2D eigenvalue weighted by molar-refractivity contribution is 0.665. The number of fused-ring (bicyclic) bond motifs is 1. The zero-order chi connectivity index (χ0) is 15.0. The summed E-state index contributed by atoms with van der Waals surface area (Å²) in [5.74, 6) is 0.973. The topological polar surface area (TPSA) is 43.8 Å². The van der Waals surface area contributed by atoms with E-state index in [1.165, 1.54) is 0 Å². The highest BCUT2D eigenvalue weighted by molar-refractivity contribution is 6.31. The number of aryl methyl sites for hydroxylation is 2. The molecule has 0 spiro atoms. The van der Waals surface area contributed by atoms with Gasteiger partial charge in [-0.25, -0.2) is 4.98 Å². The van der Waals surface area contributed by atoms with Crippen LogP contribution in [0, 0.1) is 6.92 Å². The SMILES string of the molecule is Cc1ccc(C(N)Cc2nc3ccccc3n2C)c(Cl)c1. The van der Waals surface area contributed by atoms with Gasteiger partial charge in [0.15, 0.2) is 0 Å². The summed E-state index contributed by atoms with van der Waals surface area (Å²) in [6.07, 6.45) is 0.661. The maximum atomic E-state index is 6.33. The second-order valence-electron chi connectivity index (χ2n) is 5.41. The van der Waals surface area contributed by atoms with Crippen molar-refractivity contribution in [2.45, 2.75) is 19.4 Å². The first-order chi connectivity index (χ1) is 10.1. The van der Waals surface area contributed by atoms with Crippen molar-refractivity contribution in [3.63, 3.8) is 0 Å². The van der Waals surface area contributed by atoms with Gasteiger partial charge >= 0.3 is 0 Å². The molecule has 0 amide bonds. The molecule has 0 bridgehead atoms. The van der Waals surface area contributed by atoms with Gasteiger partial charge in [0.1, 0.15) is 5.82 Å². The molecule has 21 heavy (non-hydrogen) atoms.